The molecule has 0 aromatic carbocycles. The first-order chi connectivity index (χ1) is 6.84. The predicted octanol–water partition coefficient (Wildman–Crippen LogP) is 0.270. The molecule has 1 aromatic rings. The van der Waals surface area contributed by atoms with E-state index < -0.39 is 0 Å². The van der Waals surface area contributed by atoms with Gasteiger partial charge in [-0.05, 0) is 6.92 Å². The van der Waals surface area contributed by atoms with Crippen LogP contribution < -0.4 is 5.32 Å². The molecule has 4 nitrogen and oxygen atoms in total. The molecule has 1 aromatic heterocycles. The lowest BCUT2D eigenvalue weighted by Crippen LogP contribution is -2.48. The van der Waals surface area contributed by atoms with Crippen LogP contribution in [-0.4, -0.2) is 40.5 Å². The highest BCUT2D eigenvalue weighted by Gasteiger charge is 2.15. The number of hydrogen-bond acceptors (Lipinski definition) is 4. The zero-order chi connectivity index (χ0) is 9.80. The highest BCUT2D eigenvalue weighted by atomic mass is 15.2. The third-order valence-electron chi connectivity index (χ3n) is 2.46. The van der Waals surface area contributed by atoms with Crippen LogP contribution in [-0.2, 0) is 6.54 Å². The summed E-state index contributed by atoms with van der Waals surface area (Å²) in [4.78, 5) is 10.7. The van der Waals surface area contributed by atoms with Gasteiger partial charge in [-0.3, -0.25) is 14.9 Å². The highest BCUT2D eigenvalue weighted by Crippen LogP contribution is 2.03. The fourth-order valence-electron chi connectivity index (χ4n) is 1.80. The molecule has 2 heterocycles. The van der Waals surface area contributed by atoms with E-state index >= 15 is 0 Å². The number of hydrogen-bond donors (Lipinski definition) is 1. The van der Waals surface area contributed by atoms with Crippen LogP contribution in [0.25, 0.3) is 0 Å². The second kappa shape index (κ2) is 4.48. The Morgan fingerprint density at radius 2 is 2.50 bits per heavy atom. The summed E-state index contributed by atoms with van der Waals surface area (Å²) < 4.78 is 0. The van der Waals surface area contributed by atoms with Crippen LogP contribution in [0.4, 0.5) is 0 Å². The van der Waals surface area contributed by atoms with Gasteiger partial charge in [0.25, 0.3) is 0 Å². The van der Waals surface area contributed by atoms with Gasteiger partial charge in [-0.15, -0.1) is 0 Å². The Hall–Kier alpha value is -1.00. The maximum atomic E-state index is 4.27. The minimum atomic E-state index is 0.584. The Balaban J connectivity index is 1.91. The van der Waals surface area contributed by atoms with Gasteiger partial charge in [0.05, 0.1) is 5.69 Å². The van der Waals surface area contributed by atoms with E-state index in [1.807, 2.05) is 6.20 Å². The largest absolute Gasteiger partial charge is 0.312 e. The lowest BCUT2D eigenvalue weighted by atomic mass is 10.2. The first kappa shape index (κ1) is 9.55. The first-order valence-corrected chi connectivity index (χ1v) is 5.05. The minimum absolute atomic E-state index is 0.584. The zero-order valence-corrected chi connectivity index (χ0v) is 8.48. The molecule has 1 aliphatic heterocycles. The van der Waals surface area contributed by atoms with E-state index in [0.29, 0.717) is 6.04 Å². The van der Waals surface area contributed by atoms with Gasteiger partial charge < -0.3 is 5.32 Å². The number of nitrogens with zero attached hydrogens (tertiary/aromatic N) is 3. The predicted molar refractivity (Wildman–Crippen MR) is 54.8 cm³/mol. The number of rotatable bonds is 2. The summed E-state index contributed by atoms with van der Waals surface area (Å²) in [5, 5.41) is 3.42. The third-order valence-corrected chi connectivity index (χ3v) is 2.46. The Morgan fingerprint density at radius 1 is 1.57 bits per heavy atom. The summed E-state index contributed by atoms with van der Waals surface area (Å²) in [6, 6.07) is 0.584. The molecule has 0 spiro atoms. The van der Waals surface area contributed by atoms with Crippen molar-refractivity contribution in [2.75, 3.05) is 19.6 Å². The van der Waals surface area contributed by atoms with Crippen molar-refractivity contribution in [3.63, 3.8) is 0 Å². The van der Waals surface area contributed by atoms with E-state index in [9.17, 15) is 0 Å². The van der Waals surface area contributed by atoms with Crippen LogP contribution in [0.15, 0.2) is 18.6 Å². The van der Waals surface area contributed by atoms with Gasteiger partial charge in [0.2, 0.25) is 0 Å². The highest BCUT2D eigenvalue weighted by molar-refractivity contribution is 4.95. The molecule has 4 heteroatoms. The lowest BCUT2D eigenvalue weighted by Gasteiger charge is -2.31. The quantitative estimate of drug-likeness (QED) is 0.730. The molecule has 0 saturated carbocycles. The second-order valence-corrected chi connectivity index (χ2v) is 3.79. The summed E-state index contributed by atoms with van der Waals surface area (Å²) >= 11 is 0. The topological polar surface area (TPSA) is 41.1 Å². The third kappa shape index (κ3) is 2.49. The van der Waals surface area contributed by atoms with Gasteiger partial charge in [0, 0.05) is 50.8 Å². The van der Waals surface area contributed by atoms with Crippen LogP contribution >= 0.6 is 0 Å². The van der Waals surface area contributed by atoms with E-state index in [1.54, 1.807) is 12.4 Å². The lowest BCUT2D eigenvalue weighted by molar-refractivity contribution is 0.197. The molecule has 0 radical (unpaired) electrons. The number of piperazine rings is 1. The molecule has 1 aliphatic rings. The molecule has 1 atom stereocenters. The first-order valence-electron chi connectivity index (χ1n) is 5.05. The normalized spacial score (nSPS) is 23.6. The summed E-state index contributed by atoms with van der Waals surface area (Å²) in [5.74, 6) is 0. The van der Waals surface area contributed by atoms with Gasteiger partial charge in [-0.25, -0.2) is 0 Å². The molecule has 0 bridgehead atoms. The van der Waals surface area contributed by atoms with Crippen LogP contribution in [0.1, 0.15) is 12.6 Å². The second-order valence-electron chi connectivity index (χ2n) is 3.79. The maximum absolute atomic E-state index is 4.27. The van der Waals surface area contributed by atoms with Crippen molar-refractivity contribution < 1.29 is 0 Å². The van der Waals surface area contributed by atoms with Crippen LogP contribution in [0.5, 0.6) is 0 Å². The van der Waals surface area contributed by atoms with Crippen LogP contribution in [0, 0.1) is 0 Å². The smallest absolute Gasteiger partial charge is 0.0726 e. The molecule has 0 aliphatic carbocycles. The molecule has 1 N–H and O–H groups in total. The summed E-state index contributed by atoms with van der Waals surface area (Å²) in [7, 11) is 0. The standard InChI is InChI=1S/C10H16N4/c1-9-7-14(5-4-12-9)8-10-6-11-2-3-13-10/h2-3,6,9,12H,4-5,7-8H2,1H3/t9-/m0/s1. The maximum Gasteiger partial charge on any atom is 0.0726 e. The number of nitrogens with one attached hydrogen (secondary N) is 1. The molecule has 1 saturated heterocycles. The van der Waals surface area contributed by atoms with Crippen molar-refractivity contribution >= 4 is 0 Å². The average molecular weight is 192 g/mol. The minimum Gasteiger partial charge on any atom is -0.312 e. The van der Waals surface area contributed by atoms with Crippen molar-refractivity contribution in [3.05, 3.63) is 24.3 Å². The van der Waals surface area contributed by atoms with E-state index in [4.69, 9.17) is 0 Å². The molecule has 76 valence electrons. The molecule has 0 unspecified atom stereocenters. The molecule has 0 amide bonds. The fraction of sp³-hybridized carbons (Fsp3) is 0.600. The molecule has 14 heavy (non-hydrogen) atoms. The zero-order valence-electron chi connectivity index (χ0n) is 8.48. The van der Waals surface area contributed by atoms with Gasteiger partial charge in [-0.1, -0.05) is 0 Å². The van der Waals surface area contributed by atoms with Crippen molar-refractivity contribution in [2.45, 2.75) is 19.5 Å². The van der Waals surface area contributed by atoms with Gasteiger partial charge >= 0.3 is 0 Å². The fourth-order valence-corrected chi connectivity index (χ4v) is 1.80. The summed E-state index contributed by atoms with van der Waals surface area (Å²) in [5.41, 5.74) is 1.06. The van der Waals surface area contributed by atoms with Crippen molar-refractivity contribution in [2.24, 2.45) is 0 Å². The van der Waals surface area contributed by atoms with Gasteiger partial charge in [0.1, 0.15) is 0 Å². The molecular formula is C10H16N4. The number of aromatic nitrogens is 2. The Morgan fingerprint density at radius 3 is 3.21 bits per heavy atom. The van der Waals surface area contributed by atoms with E-state index in [2.05, 4.69) is 27.1 Å². The monoisotopic (exact) mass is 192 g/mol. The summed E-state index contributed by atoms with van der Waals surface area (Å²) in [6.07, 6.45) is 5.30. The van der Waals surface area contributed by atoms with Crippen molar-refractivity contribution in [1.82, 2.24) is 20.2 Å². The Labute approximate surface area is 84.4 Å². The molecule has 1 fully saturated rings. The van der Waals surface area contributed by atoms with Crippen molar-refractivity contribution in [1.29, 1.82) is 0 Å². The Bertz CT molecular complexity index is 275. The van der Waals surface area contributed by atoms with Crippen molar-refractivity contribution in [3.8, 4) is 0 Å². The molecule has 2 rings (SSSR count). The van der Waals surface area contributed by atoms with E-state index in [-0.39, 0.29) is 0 Å². The van der Waals surface area contributed by atoms with Crippen LogP contribution in [0.2, 0.25) is 0 Å². The van der Waals surface area contributed by atoms with Crippen LogP contribution in [0.3, 0.4) is 0 Å². The van der Waals surface area contributed by atoms with E-state index in [1.165, 1.54) is 0 Å². The Kier molecular flexibility index (Phi) is 3.06. The SMILES string of the molecule is C[C@H]1CN(Cc2cnccn2)CCN1. The molecular weight excluding hydrogens is 176 g/mol. The van der Waals surface area contributed by atoms with Gasteiger partial charge in [-0.2, -0.15) is 0 Å². The van der Waals surface area contributed by atoms with Gasteiger partial charge in [0.15, 0.2) is 0 Å². The summed E-state index contributed by atoms with van der Waals surface area (Å²) in [6.45, 7) is 6.39. The average Bonchev–Trinajstić information content (AvgIpc) is 2.19. The van der Waals surface area contributed by atoms with E-state index in [0.717, 1.165) is 31.9 Å².